The number of rotatable bonds is 12. The van der Waals surface area contributed by atoms with Gasteiger partial charge in [0.05, 0.1) is 6.61 Å². The highest BCUT2D eigenvalue weighted by Gasteiger charge is 2.72. The number of aliphatic hydroxyl groups is 1. The molecule has 2 unspecified atom stereocenters. The summed E-state index contributed by atoms with van der Waals surface area (Å²) in [4.78, 5) is 11.1. The Bertz CT molecular complexity index is 446. The fourth-order valence-electron chi connectivity index (χ4n) is 3.03. The summed E-state index contributed by atoms with van der Waals surface area (Å²) in [5.41, 5.74) is 0. The molecule has 2 aliphatic rings. The lowest BCUT2D eigenvalue weighted by Gasteiger charge is -2.14. The van der Waals surface area contributed by atoms with Crippen molar-refractivity contribution in [1.29, 1.82) is 0 Å². The summed E-state index contributed by atoms with van der Waals surface area (Å²) in [7, 11) is 0. The molecule has 1 heterocycles. The van der Waals surface area contributed by atoms with Crippen LogP contribution in [0.5, 0.6) is 0 Å². The van der Waals surface area contributed by atoms with Crippen LogP contribution in [0.25, 0.3) is 0 Å². The fourth-order valence-corrected chi connectivity index (χ4v) is 4.12. The molecule has 2 rings (SSSR count). The normalized spacial score (nSPS) is 27.7. The van der Waals surface area contributed by atoms with Gasteiger partial charge in [0.2, 0.25) is 0 Å². The van der Waals surface area contributed by atoms with Crippen LogP contribution in [0.2, 0.25) is 0 Å². The van der Waals surface area contributed by atoms with Crippen molar-refractivity contribution in [3.8, 4) is 0 Å². The van der Waals surface area contributed by atoms with Gasteiger partial charge in [0.1, 0.15) is 0 Å². The Morgan fingerprint density at radius 2 is 1.52 bits per heavy atom. The second-order valence-corrected chi connectivity index (χ2v) is 8.04. The number of ether oxygens (including phenoxy) is 1. The van der Waals surface area contributed by atoms with Crippen molar-refractivity contribution in [2.45, 2.75) is 80.8 Å². The number of unbranched alkanes of at least 4 members (excludes halogenated alkanes) is 9. The lowest BCUT2D eigenvalue weighted by Crippen LogP contribution is -2.34. The van der Waals surface area contributed by atoms with E-state index in [2.05, 4.69) is 6.92 Å². The van der Waals surface area contributed by atoms with Gasteiger partial charge in [-0.15, -0.1) is 0 Å². The number of fused-ring (bicyclic) bond motifs is 1. The molecule has 1 aliphatic carbocycles. The van der Waals surface area contributed by atoms with Crippen LogP contribution in [0.1, 0.15) is 71.1 Å². The van der Waals surface area contributed by atoms with Crippen LogP contribution >= 0.6 is 11.8 Å². The topological polar surface area (TPSA) is 46.5 Å². The Balaban J connectivity index is 1.45. The van der Waals surface area contributed by atoms with E-state index in [0.717, 1.165) is 12.8 Å². The van der Waals surface area contributed by atoms with Crippen molar-refractivity contribution in [1.82, 2.24) is 0 Å². The Kier molecular flexibility index (Phi) is 7.22. The first-order valence-electron chi connectivity index (χ1n) is 9.11. The Labute approximate surface area is 144 Å². The molecule has 23 heavy (non-hydrogen) atoms. The minimum Gasteiger partial charge on any atom is -0.464 e. The van der Waals surface area contributed by atoms with Crippen LogP contribution in [0.4, 0.5) is 0 Å². The minimum atomic E-state index is -1.07. The van der Waals surface area contributed by atoms with Crippen molar-refractivity contribution in [2.75, 3.05) is 6.61 Å². The first kappa shape index (κ1) is 18.6. The molecule has 3 nitrogen and oxygen atoms in total. The van der Waals surface area contributed by atoms with E-state index >= 15 is 0 Å². The fraction of sp³-hybridized carbons (Fsp3) is 0.737. The summed E-state index contributed by atoms with van der Waals surface area (Å²) in [5.74, 6) is -0.304. The molecule has 1 saturated heterocycles. The van der Waals surface area contributed by atoms with Crippen LogP contribution in [0.3, 0.4) is 0 Å². The van der Waals surface area contributed by atoms with E-state index < -0.39 is 9.68 Å². The van der Waals surface area contributed by atoms with Crippen LogP contribution in [0, 0.1) is 0 Å². The predicted molar refractivity (Wildman–Crippen MR) is 96.4 cm³/mol. The minimum absolute atomic E-state index is 0.304. The van der Waals surface area contributed by atoms with Gasteiger partial charge < -0.3 is 9.84 Å². The number of carbonyl (C=O) groups is 1. The predicted octanol–water partition coefficient (Wildman–Crippen LogP) is 4.75. The van der Waals surface area contributed by atoms with Crippen molar-refractivity contribution in [3.05, 3.63) is 24.3 Å². The van der Waals surface area contributed by atoms with Gasteiger partial charge >= 0.3 is 5.97 Å². The zero-order valence-corrected chi connectivity index (χ0v) is 15.1. The molecule has 0 spiro atoms. The highest BCUT2D eigenvalue weighted by Crippen LogP contribution is 2.65. The molecule has 0 aromatic heterocycles. The highest BCUT2D eigenvalue weighted by atomic mass is 32.2. The molecule has 0 amide bonds. The van der Waals surface area contributed by atoms with E-state index in [1.807, 2.05) is 0 Å². The van der Waals surface area contributed by atoms with Crippen LogP contribution in [-0.2, 0) is 9.53 Å². The summed E-state index contributed by atoms with van der Waals surface area (Å²) in [6, 6.07) is 0. The molecule has 0 bridgehead atoms. The van der Waals surface area contributed by atoms with Gasteiger partial charge in [-0.1, -0.05) is 94.7 Å². The standard InChI is InChI=1S/C19H30O3S/c1-2-3-4-5-6-7-8-9-10-13-16-22-17(20)18-14-11-12-15-19(18,21)23-18/h11-12,14-15,21H,2-10,13,16H2,1H3. The van der Waals surface area contributed by atoms with Gasteiger partial charge in [-0.05, 0) is 12.5 Å². The number of hydrogen-bond acceptors (Lipinski definition) is 4. The van der Waals surface area contributed by atoms with Crippen molar-refractivity contribution >= 4 is 17.7 Å². The van der Waals surface area contributed by atoms with E-state index in [1.165, 1.54) is 63.1 Å². The Morgan fingerprint density at radius 3 is 2.13 bits per heavy atom. The number of carbonyl (C=O) groups excluding carboxylic acids is 1. The van der Waals surface area contributed by atoms with Gasteiger partial charge in [-0.25, -0.2) is 0 Å². The van der Waals surface area contributed by atoms with Crippen molar-refractivity contribution < 1.29 is 14.6 Å². The van der Waals surface area contributed by atoms with E-state index in [9.17, 15) is 9.90 Å². The molecule has 2 atom stereocenters. The third kappa shape index (κ3) is 4.87. The lowest BCUT2D eigenvalue weighted by molar-refractivity contribution is -0.146. The second-order valence-electron chi connectivity index (χ2n) is 6.57. The van der Waals surface area contributed by atoms with Crippen LogP contribution < -0.4 is 0 Å². The lowest BCUT2D eigenvalue weighted by atomic mass is 9.98. The van der Waals surface area contributed by atoms with E-state index in [0.29, 0.717) is 6.61 Å². The molecule has 0 aromatic carbocycles. The Hall–Kier alpha value is -0.740. The van der Waals surface area contributed by atoms with Gasteiger partial charge in [-0.3, -0.25) is 4.79 Å². The van der Waals surface area contributed by atoms with E-state index in [-0.39, 0.29) is 5.97 Å². The monoisotopic (exact) mass is 338 g/mol. The summed E-state index contributed by atoms with van der Waals surface area (Å²) in [6.45, 7) is 2.71. The van der Waals surface area contributed by atoms with Gasteiger partial charge in [-0.2, -0.15) is 0 Å². The maximum atomic E-state index is 12.1. The van der Waals surface area contributed by atoms with Crippen LogP contribution in [-0.4, -0.2) is 27.4 Å². The molecular formula is C19H30O3S. The maximum Gasteiger partial charge on any atom is 0.330 e. The first-order valence-corrected chi connectivity index (χ1v) is 9.93. The molecule has 0 saturated carbocycles. The number of thioether (sulfide) groups is 1. The molecule has 0 radical (unpaired) electrons. The van der Waals surface area contributed by atoms with Crippen molar-refractivity contribution in [3.63, 3.8) is 0 Å². The quantitative estimate of drug-likeness (QED) is 0.317. The maximum absolute atomic E-state index is 12.1. The van der Waals surface area contributed by atoms with Gasteiger partial charge in [0, 0.05) is 0 Å². The van der Waals surface area contributed by atoms with Gasteiger partial charge in [0.15, 0.2) is 9.68 Å². The molecule has 1 aliphatic heterocycles. The highest BCUT2D eigenvalue weighted by molar-refractivity contribution is 8.10. The SMILES string of the molecule is CCCCCCCCCCCCOC(=O)C12C=CC=CC1(O)S2. The summed E-state index contributed by atoms with van der Waals surface area (Å²) < 4.78 is 4.48. The van der Waals surface area contributed by atoms with Crippen molar-refractivity contribution in [2.24, 2.45) is 0 Å². The smallest absolute Gasteiger partial charge is 0.330 e. The third-order valence-corrected chi connectivity index (χ3v) is 6.11. The summed E-state index contributed by atoms with van der Waals surface area (Å²) in [6.07, 6.45) is 19.6. The zero-order valence-electron chi connectivity index (χ0n) is 14.3. The molecule has 0 aromatic rings. The third-order valence-electron chi connectivity index (χ3n) is 4.61. The molecule has 1 fully saturated rings. The zero-order chi connectivity index (χ0) is 16.6. The molecule has 130 valence electrons. The van der Waals surface area contributed by atoms with Gasteiger partial charge in [0.25, 0.3) is 0 Å². The average molecular weight is 339 g/mol. The van der Waals surface area contributed by atoms with E-state index in [4.69, 9.17) is 4.74 Å². The van der Waals surface area contributed by atoms with E-state index in [1.54, 1.807) is 24.3 Å². The number of hydrogen-bond donors (Lipinski definition) is 1. The Morgan fingerprint density at radius 1 is 0.957 bits per heavy atom. The number of allylic oxidation sites excluding steroid dienone is 2. The average Bonchev–Trinajstić information content (AvgIpc) is 3.20. The summed E-state index contributed by atoms with van der Waals surface area (Å²) in [5, 5.41) is 10.2. The largest absolute Gasteiger partial charge is 0.464 e. The van der Waals surface area contributed by atoms with Crippen LogP contribution in [0.15, 0.2) is 24.3 Å². The summed E-state index contributed by atoms with van der Waals surface area (Å²) >= 11 is 1.25. The number of esters is 1. The molecular weight excluding hydrogens is 308 g/mol. The second kappa shape index (κ2) is 8.93. The molecule has 4 heteroatoms. The molecule has 1 N–H and O–H groups in total. The first-order chi connectivity index (χ1) is 11.1.